The monoisotopic (exact) mass is 227 g/mol. The van der Waals surface area contributed by atoms with Crippen LogP contribution in [0, 0.1) is 5.92 Å². The quantitative estimate of drug-likeness (QED) is 0.554. The first-order valence-electron chi connectivity index (χ1n) is 6.53. The summed E-state index contributed by atoms with van der Waals surface area (Å²) >= 11 is 0. The lowest BCUT2D eigenvalue weighted by Crippen LogP contribution is -2.42. The highest BCUT2D eigenvalue weighted by molar-refractivity contribution is 4.97. The van der Waals surface area contributed by atoms with Crippen LogP contribution in [0.15, 0.2) is 0 Å². The summed E-state index contributed by atoms with van der Waals surface area (Å²) in [5.74, 6) is 0.999. The van der Waals surface area contributed by atoms with E-state index in [0.717, 1.165) is 12.0 Å². The lowest BCUT2D eigenvalue weighted by molar-refractivity contribution is 0.325. The van der Waals surface area contributed by atoms with Crippen molar-refractivity contribution in [2.75, 3.05) is 0 Å². The van der Waals surface area contributed by atoms with Gasteiger partial charge in [0.05, 0.1) is 5.66 Å². The Kier molecular flexibility index (Phi) is 4.38. The summed E-state index contributed by atoms with van der Waals surface area (Å²) in [5.41, 5.74) is 10.2. The highest BCUT2D eigenvalue weighted by Gasteiger charge is 2.38. The highest BCUT2D eigenvalue weighted by Crippen LogP contribution is 2.37. The van der Waals surface area contributed by atoms with Gasteiger partial charge < -0.3 is 16.8 Å². The first-order chi connectivity index (χ1) is 7.17. The highest BCUT2D eigenvalue weighted by atomic mass is 15.0. The van der Waals surface area contributed by atoms with E-state index < -0.39 is 5.66 Å². The van der Waals surface area contributed by atoms with Crippen LogP contribution in [0.5, 0.6) is 0 Å². The molecule has 5 N–H and O–H groups in total. The minimum Gasteiger partial charge on any atom is -0.314 e. The molecule has 0 radical (unpaired) electrons. The van der Waals surface area contributed by atoms with Gasteiger partial charge in [-0.25, -0.2) is 0 Å². The third-order valence-electron chi connectivity index (χ3n) is 3.26. The molecule has 0 amide bonds. The molecule has 2 fully saturated rings. The predicted molar refractivity (Wildman–Crippen MR) is 70.0 cm³/mol. The normalized spacial score (nSPS) is 32.6. The number of nitrogens with one attached hydrogen (secondary N) is 1. The molecule has 2 unspecified atom stereocenters. The van der Waals surface area contributed by atoms with Crippen molar-refractivity contribution in [2.24, 2.45) is 17.4 Å². The number of nitrogens with two attached hydrogens (primary N) is 2. The van der Waals surface area contributed by atoms with Gasteiger partial charge >= 0.3 is 0 Å². The Labute approximate surface area is 100 Å². The molecule has 0 aromatic heterocycles. The van der Waals surface area contributed by atoms with E-state index >= 15 is 0 Å². The predicted octanol–water partition coefficient (Wildman–Crippen LogP) is 1.96. The van der Waals surface area contributed by atoms with Gasteiger partial charge in [-0.15, -0.1) is 0 Å². The van der Waals surface area contributed by atoms with Crippen LogP contribution in [0.4, 0.5) is 0 Å². The molecule has 0 bridgehead atoms. The van der Waals surface area contributed by atoms with E-state index in [4.69, 9.17) is 11.5 Å². The summed E-state index contributed by atoms with van der Waals surface area (Å²) in [6.07, 6.45) is 7.22. The zero-order chi connectivity index (χ0) is 12.4. The molecule has 0 spiro atoms. The Hall–Kier alpha value is -0.120. The topological polar surface area (TPSA) is 64.1 Å². The number of rotatable bonds is 0. The Morgan fingerprint density at radius 2 is 1.62 bits per heavy atom. The summed E-state index contributed by atoms with van der Waals surface area (Å²) in [5, 5.41) is 3.73. The summed E-state index contributed by atoms with van der Waals surface area (Å²) in [4.78, 5) is 0. The van der Waals surface area contributed by atoms with Crippen molar-refractivity contribution in [3.8, 4) is 0 Å². The van der Waals surface area contributed by atoms with Gasteiger partial charge in [0, 0.05) is 11.6 Å². The standard InChI is InChI=1S/C10H19N.C3H10N2/c1-10(2)7-8-5-3-4-6-9(8)11-10;1-3(2,4)5/h8-9,11H,3-7H2,1-2H3;4-5H2,1-2H3. The molecule has 1 saturated heterocycles. The van der Waals surface area contributed by atoms with Crippen molar-refractivity contribution in [1.82, 2.24) is 5.32 Å². The Balaban J connectivity index is 0.000000221. The minimum absolute atomic E-state index is 0.430. The Morgan fingerprint density at radius 3 is 2.12 bits per heavy atom. The maximum absolute atomic E-state index is 5.13. The molecule has 0 aromatic rings. The maximum atomic E-state index is 5.13. The van der Waals surface area contributed by atoms with Crippen molar-refractivity contribution >= 4 is 0 Å². The average molecular weight is 227 g/mol. The Bertz CT molecular complexity index is 196. The third kappa shape index (κ3) is 5.28. The third-order valence-corrected chi connectivity index (χ3v) is 3.26. The van der Waals surface area contributed by atoms with Crippen LogP contribution in [-0.2, 0) is 0 Å². The molecule has 1 saturated carbocycles. The van der Waals surface area contributed by atoms with Crippen LogP contribution >= 0.6 is 0 Å². The Morgan fingerprint density at radius 1 is 1.12 bits per heavy atom. The summed E-state index contributed by atoms with van der Waals surface area (Å²) in [6, 6.07) is 0.860. The molecule has 2 rings (SSSR count). The molecule has 2 aliphatic rings. The van der Waals surface area contributed by atoms with Gasteiger partial charge in [0.25, 0.3) is 0 Å². The molecular formula is C13H29N3. The fraction of sp³-hybridized carbons (Fsp3) is 1.00. The van der Waals surface area contributed by atoms with E-state index in [1.807, 2.05) is 0 Å². The maximum Gasteiger partial charge on any atom is 0.0578 e. The van der Waals surface area contributed by atoms with E-state index in [-0.39, 0.29) is 0 Å². The number of fused-ring (bicyclic) bond motifs is 1. The van der Waals surface area contributed by atoms with E-state index in [2.05, 4.69) is 19.2 Å². The minimum atomic E-state index is -0.500. The van der Waals surface area contributed by atoms with Crippen molar-refractivity contribution in [3.05, 3.63) is 0 Å². The molecular weight excluding hydrogens is 198 g/mol. The van der Waals surface area contributed by atoms with Crippen LogP contribution in [0.2, 0.25) is 0 Å². The molecule has 3 nitrogen and oxygen atoms in total. The SMILES string of the molecule is CC(C)(N)N.CC1(C)CC2CCCCC2N1. The van der Waals surface area contributed by atoms with E-state index in [9.17, 15) is 0 Å². The number of hydrogen-bond acceptors (Lipinski definition) is 3. The summed E-state index contributed by atoms with van der Waals surface area (Å²) in [7, 11) is 0. The van der Waals surface area contributed by atoms with Crippen molar-refractivity contribution < 1.29 is 0 Å². The van der Waals surface area contributed by atoms with Gasteiger partial charge in [0.15, 0.2) is 0 Å². The zero-order valence-electron chi connectivity index (χ0n) is 11.3. The second kappa shape index (κ2) is 5.03. The van der Waals surface area contributed by atoms with Crippen molar-refractivity contribution in [2.45, 2.75) is 77.0 Å². The number of hydrogen-bond donors (Lipinski definition) is 3. The molecule has 96 valence electrons. The molecule has 1 aliphatic heterocycles. The average Bonchev–Trinajstić information content (AvgIpc) is 2.34. The molecule has 1 aliphatic carbocycles. The van der Waals surface area contributed by atoms with Crippen molar-refractivity contribution in [1.29, 1.82) is 0 Å². The molecule has 1 heterocycles. The second-order valence-corrected chi connectivity index (χ2v) is 6.70. The zero-order valence-corrected chi connectivity index (χ0v) is 11.3. The van der Waals surface area contributed by atoms with Crippen LogP contribution in [0.3, 0.4) is 0 Å². The molecule has 16 heavy (non-hydrogen) atoms. The summed E-state index contributed by atoms with van der Waals surface area (Å²) < 4.78 is 0. The van der Waals surface area contributed by atoms with E-state index in [1.165, 1.54) is 32.1 Å². The van der Waals surface area contributed by atoms with Gasteiger partial charge in [-0.1, -0.05) is 12.8 Å². The lowest BCUT2D eigenvalue weighted by atomic mass is 9.83. The van der Waals surface area contributed by atoms with Gasteiger partial charge in [-0.05, 0) is 52.9 Å². The van der Waals surface area contributed by atoms with Gasteiger partial charge in [-0.3, -0.25) is 0 Å². The molecule has 0 aromatic carbocycles. The van der Waals surface area contributed by atoms with E-state index in [1.54, 1.807) is 13.8 Å². The van der Waals surface area contributed by atoms with Gasteiger partial charge in [0.1, 0.15) is 0 Å². The van der Waals surface area contributed by atoms with E-state index in [0.29, 0.717) is 5.54 Å². The molecule has 3 heteroatoms. The fourth-order valence-electron chi connectivity index (χ4n) is 2.86. The first kappa shape index (κ1) is 13.9. The summed E-state index contributed by atoms with van der Waals surface area (Å²) in [6.45, 7) is 8.16. The fourth-order valence-corrected chi connectivity index (χ4v) is 2.86. The molecule has 2 atom stereocenters. The second-order valence-electron chi connectivity index (χ2n) is 6.70. The van der Waals surface area contributed by atoms with Crippen LogP contribution in [0.1, 0.15) is 59.8 Å². The van der Waals surface area contributed by atoms with Gasteiger partial charge in [0.2, 0.25) is 0 Å². The van der Waals surface area contributed by atoms with Crippen LogP contribution in [0.25, 0.3) is 0 Å². The first-order valence-corrected chi connectivity index (χ1v) is 6.53. The van der Waals surface area contributed by atoms with Crippen LogP contribution < -0.4 is 16.8 Å². The smallest absolute Gasteiger partial charge is 0.0578 e. The van der Waals surface area contributed by atoms with Crippen LogP contribution in [-0.4, -0.2) is 17.2 Å². The largest absolute Gasteiger partial charge is 0.314 e. The lowest BCUT2D eigenvalue weighted by Gasteiger charge is -2.24. The van der Waals surface area contributed by atoms with Gasteiger partial charge in [-0.2, -0.15) is 0 Å². The van der Waals surface area contributed by atoms with Crippen molar-refractivity contribution in [3.63, 3.8) is 0 Å².